The predicted octanol–water partition coefficient (Wildman–Crippen LogP) is 2.11. The van der Waals surface area contributed by atoms with Gasteiger partial charge in [0.05, 0.1) is 11.3 Å². The lowest BCUT2D eigenvalue weighted by atomic mass is 10.2. The third kappa shape index (κ3) is 3.18. The van der Waals surface area contributed by atoms with Gasteiger partial charge in [-0.05, 0) is 37.6 Å². The molecule has 0 unspecified atom stereocenters. The number of hydrogen-bond acceptors (Lipinski definition) is 4. The second-order valence-electron chi connectivity index (χ2n) is 5.31. The highest BCUT2D eigenvalue weighted by atomic mass is 16.2. The van der Waals surface area contributed by atoms with Gasteiger partial charge in [0.2, 0.25) is 0 Å². The topological polar surface area (TPSA) is 58.1 Å². The molecule has 5 nitrogen and oxygen atoms in total. The smallest absolute Gasteiger partial charge is 0.255 e. The lowest BCUT2D eigenvalue weighted by Crippen LogP contribution is -2.31. The van der Waals surface area contributed by atoms with E-state index < -0.39 is 0 Å². The van der Waals surface area contributed by atoms with Crippen molar-refractivity contribution >= 4 is 11.6 Å². The molecule has 0 aromatic carbocycles. The van der Waals surface area contributed by atoms with Gasteiger partial charge in [0.1, 0.15) is 0 Å². The van der Waals surface area contributed by atoms with E-state index in [0.29, 0.717) is 12.1 Å². The summed E-state index contributed by atoms with van der Waals surface area (Å²) in [5.41, 5.74) is 2.57. The van der Waals surface area contributed by atoms with Crippen molar-refractivity contribution in [1.82, 2.24) is 14.9 Å². The molecule has 1 aliphatic heterocycles. The normalized spacial score (nSPS) is 17.8. The van der Waals surface area contributed by atoms with Crippen molar-refractivity contribution in [3.63, 3.8) is 0 Å². The van der Waals surface area contributed by atoms with Crippen LogP contribution in [-0.2, 0) is 0 Å². The highest BCUT2D eigenvalue weighted by Crippen LogP contribution is 2.17. The van der Waals surface area contributed by atoms with Crippen LogP contribution in [0.25, 0.3) is 0 Å². The minimum absolute atomic E-state index is 0.0537. The first-order chi connectivity index (χ1) is 10.2. The van der Waals surface area contributed by atoms with Crippen LogP contribution in [0.15, 0.2) is 42.9 Å². The number of anilines is 1. The first kappa shape index (κ1) is 13.5. The van der Waals surface area contributed by atoms with Crippen LogP contribution in [0.1, 0.15) is 22.5 Å². The molecular formula is C16H18N4O. The number of aromatic nitrogens is 2. The van der Waals surface area contributed by atoms with Gasteiger partial charge >= 0.3 is 0 Å². The number of hydrogen-bond donors (Lipinski definition) is 1. The Bertz CT molecular complexity index is 612. The van der Waals surface area contributed by atoms with E-state index in [9.17, 15) is 4.79 Å². The molecule has 2 aromatic rings. The first-order valence-corrected chi connectivity index (χ1v) is 7.11. The molecule has 2 aromatic heterocycles. The Morgan fingerprint density at radius 1 is 1.33 bits per heavy atom. The van der Waals surface area contributed by atoms with E-state index in [1.807, 2.05) is 36.1 Å². The zero-order chi connectivity index (χ0) is 14.7. The Kier molecular flexibility index (Phi) is 3.81. The van der Waals surface area contributed by atoms with Crippen molar-refractivity contribution in [1.29, 1.82) is 0 Å². The molecule has 1 amide bonds. The molecule has 1 saturated heterocycles. The van der Waals surface area contributed by atoms with E-state index in [4.69, 9.17) is 0 Å². The third-order valence-corrected chi connectivity index (χ3v) is 3.67. The minimum atomic E-state index is 0.0537. The largest absolute Gasteiger partial charge is 0.379 e. The number of aryl methyl sites for hydroxylation is 1. The van der Waals surface area contributed by atoms with E-state index in [1.54, 1.807) is 18.6 Å². The summed E-state index contributed by atoms with van der Waals surface area (Å²) in [4.78, 5) is 22.5. The zero-order valence-corrected chi connectivity index (χ0v) is 12.0. The van der Waals surface area contributed by atoms with Gasteiger partial charge in [-0.1, -0.05) is 0 Å². The number of nitrogens with zero attached hydrogens (tertiary/aromatic N) is 3. The molecule has 3 heterocycles. The third-order valence-electron chi connectivity index (χ3n) is 3.67. The lowest BCUT2D eigenvalue weighted by Gasteiger charge is -2.17. The van der Waals surface area contributed by atoms with Crippen molar-refractivity contribution < 1.29 is 4.79 Å². The monoisotopic (exact) mass is 282 g/mol. The van der Waals surface area contributed by atoms with Crippen LogP contribution in [0.5, 0.6) is 0 Å². The molecule has 5 heteroatoms. The van der Waals surface area contributed by atoms with Crippen molar-refractivity contribution in [2.24, 2.45) is 0 Å². The summed E-state index contributed by atoms with van der Waals surface area (Å²) in [6.45, 7) is 3.39. The maximum absolute atomic E-state index is 12.4. The van der Waals surface area contributed by atoms with Crippen LogP contribution in [0.3, 0.4) is 0 Å². The minimum Gasteiger partial charge on any atom is -0.379 e. The standard InChI is InChI=1S/C16H18N4O/c1-12-4-5-13(9-18-12)16(21)20-8-6-15(11-20)19-14-3-2-7-17-10-14/h2-5,7,9-10,15,19H,6,8,11H2,1H3/t15-/m0/s1. The van der Waals surface area contributed by atoms with Crippen LogP contribution < -0.4 is 5.32 Å². The van der Waals surface area contributed by atoms with Gasteiger partial charge in [0, 0.05) is 43.4 Å². The number of amides is 1. The number of nitrogens with one attached hydrogen (secondary N) is 1. The quantitative estimate of drug-likeness (QED) is 0.936. The van der Waals surface area contributed by atoms with Gasteiger partial charge in [0.25, 0.3) is 5.91 Å². The fourth-order valence-corrected chi connectivity index (χ4v) is 2.52. The summed E-state index contributed by atoms with van der Waals surface area (Å²) in [6, 6.07) is 7.87. The van der Waals surface area contributed by atoms with Crippen molar-refractivity contribution in [3.05, 3.63) is 54.1 Å². The molecule has 108 valence electrons. The van der Waals surface area contributed by atoms with Crippen LogP contribution in [0.4, 0.5) is 5.69 Å². The Morgan fingerprint density at radius 2 is 2.24 bits per heavy atom. The fourth-order valence-electron chi connectivity index (χ4n) is 2.52. The molecule has 3 rings (SSSR count). The van der Waals surface area contributed by atoms with E-state index >= 15 is 0 Å². The van der Waals surface area contributed by atoms with Gasteiger partial charge in [-0.2, -0.15) is 0 Å². The molecule has 0 radical (unpaired) electrons. The summed E-state index contributed by atoms with van der Waals surface area (Å²) < 4.78 is 0. The van der Waals surface area contributed by atoms with Gasteiger partial charge in [-0.3, -0.25) is 14.8 Å². The van der Waals surface area contributed by atoms with Crippen LogP contribution in [0, 0.1) is 6.92 Å². The second kappa shape index (κ2) is 5.91. The molecule has 0 bridgehead atoms. The highest BCUT2D eigenvalue weighted by molar-refractivity contribution is 5.94. The molecule has 1 fully saturated rings. The van der Waals surface area contributed by atoms with Crippen molar-refractivity contribution in [3.8, 4) is 0 Å². The van der Waals surface area contributed by atoms with Crippen LogP contribution >= 0.6 is 0 Å². The van der Waals surface area contributed by atoms with E-state index in [1.165, 1.54) is 0 Å². The summed E-state index contributed by atoms with van der Waals surface area (Å²) >= 11 is 0. The molecule has 21 heavy (non-hydrogen) atoms. The molecule has 1 atom stereocenters. The molecule has 0 spiro atoms. The molecular weight excluding hydrogens is 264 g/mol. The summed E-state index contributed by atoms with van der Waals surface area (Å²) in [7, 11) is 0. The predicted molar refractivity (Wildman–Crippen MR) is 81.1 cm³/mol. The van der Waals surface area contributed by atoms with E-state index in [-0.39, 0.29) is 11.9 Å². The first-order valence-electron chi connectivity index (χ1n) is 7.11. The Morgan fingerprint density at radius 3 is 2.95 bits per heavy atom. The van der Waals surface area contributed by atoms with Crippen molar-refractivity contribution in [2.45, 2.75) is 19.4 Å². The fraction of sp³-hybridized carbons (Fsp3) is 0.312. The van der Waals surface area contributed by atoms with E-state index in [0.717, 1.165) is 24.3 Å². The number of pyridine rings is 2. The lowest BCUT2D eigenvalue weighted by molar-refractivity contribution is 0.0791. The molecule has 1 N–H and O–H groups in total. The Balaban J connectivity index is 1.61. The van der Waals surface area contributed by atoms with Gasteiger partial charge in [-0.25, -0.2) is 0 Å². The summed E-state index contributed by atoms with van der Waals surface area (Å²) in [6.07, 6.45) is 6.15. The molecule has 0 saturated carbocycles. The average molecular weight is 282 g/mol. The number of carbonyl (C=O) groups is 1. The van der Waals surface area contributed by atoms with Crippen LogP contribution in [0.2, 0.25) is 0 Å². The van der Waals surface area contributed by atoms with Crippen LogP contribution in [-0.4, -0.2) is 39.9 Å². The Hall–Kier alpha value is -2.43. The molecule has 0 aliphatic carbocycles. The average Bonchev–Trinajstić information content (AvgIpc) is 2.97. The second-order valence-corrected chi connectivity index (χ2v) is 5.31. The van der Waals surface area contributed by atoms with Gasteiger partial charge in [-0.15, -0.1) is 0 Å². The maximum Gasteiger partial charge on any atom is 0.255 e. The summed E-state index contributed by atoms with van der Waals surface area (Å²) in [5.74, 6) is 0.0537. The van der Waals surface area contributed by atoms with Gasteiger partial charge in [0.15, 0.2) is 0 Å². The SMILES string of the molecule is Cc1ccc(C(=O)N2CC[C@H](Nc3cccnc3)C2)cn1. The van der Waals surface area contributed by atoms with Crippen molar-refractivity contribution in [2.75, 3.05) is 18.4 Å². The molecule has 1 aliphatic rings. The maximum atomic E-state index is 12.4. The van der Waals surface area contributed by atoms with Gasteiger partial charge < -0.3 is 10.2 Å². The number of rotatable bonds is 3. The zero-order valence-electron chi connectivity index (χ0n) is 12.0. The Labute approximate surface area is 124 Å². The van der Waals surface area contributed by atoms with E-state index in [2.05, 4.69) is 15.3 Å². The summed E-state index contributed by atoms with van der Waals surface area (Å²) in [5, 5.41) is 3.41. The number of carbonyl (C=O) groups excluding carboxylic acids is 1. The highest BCUT2D eigenvalue weighted by Gasteiger charge is 2.26. The number of likely N-dealkylation sites (tertiary alicyclic amines) is 1.